The van der Waals surface area contributed by atoms with Gasteiger partial charge in [-0.05, 0) is 27.2 Å². The van der Waals surface area contributed by atoms with Crippen molar-refractivity contribution in [1.82, 2.24) is 4.90 Å². The van der Waals surface area contributed by atoms with Crippen molar-refractivity contribution in [3.63, 3.8) is 0 Å². The third kappa shape index (κ3) is 7.49. The molecule has 0 saturated carbocycles. The van der Waals surface area contributed by atoms with Gasteiger partial charge in [-0.1, -0.05) is 26.2 Å². The fourth-order valence-corrected chi connectivity index (χ4v) is 3.92. The number of carbonyl (C=O) groups is 2. The normalized spacial score (nSPS) is 20.9. The van der Waals surface area contributed by atoms with Gasteiger partial charge >= 0.3 is 12.1 Å². The molecule has 1 rings (SSSR count). The summed E-state index contributed by atoms with van der Waals surface area (Å²) in [7, 11) is -2.50. The number of esters is 1. The maximum Gasteiger partial charge on any atom is 0.411 e. The molecule has 1 fully saturated rings. The zero-order valence-electron chi connectivity index (χ0n) is 16.3. The van der Waals surface area contributed by atoms with Gasteiger partial charge in [0.1, 0.15) is 11.6 Å². The highest BCUT2D eigenvalue weighted by Crippen LogP contribution is 2.25. The van der Waals surface area contributed by atoms with Crippen molar-refractivity contribution >= 4 is 22.2 Å². The van der Waals surface area contributed by atoms with Crippen LogP contribution in [0.4, 0.5) is 4.79 Å². The van der Waals surface area contributed by atoms with Gasteiger partial charge in [-0.3, -0.25) is 9.08 Å². The minimum absolute atomic E-state index is 0.0388. The standard InChI is InChI=1S/C17H31NO7S/c1-6-7-8-9-10-26(21,22)25-13-11-14(15(19)23-5)18(12-13)16(20)24-17(2,3)4/h13-14H,6-12H2,1-5H3. The average Bonchev–Trinajstić information content (AvgIpc) is 2.92. The van der Waals surface area contributed by atoms with Crippen LogP contribution in [0.2, 0.25) is 0 Å². The van der Waals surface area contributed by atoms with E-state index in [2.05, 4.69) is 0 Å². The van der Waals surface area contributed by atoms with Crippen LogP contribution >= 0.6 is 0 Å². The van der Waals surface area contributed by atoms with Gasteiger partial charge in [-0.25, -0.2) is 9.59 Å². The largest absolute Gasteiger partial charge is 0.467 e. The molecule has 26 heavy (non-hydrogen) atoms. The van der Waals surface area contributed by atoms with Gasteiger partial charge in [0.2, 0.25) is 0 Å². The lowest BCUT2D eigenvalue weighted by Gasteiger charge is -2.27. The Morgan fingerprint density at radius 2 is 1.81 bits per heavy atom. The van der Waals surface area contributed by atoms with Crippen LogP contribution in [0, 0.1) is 0 Å². The summed E-state index contributed by atoms with van der Waals surface area (Å²) < 4.78 is 39.5. The first kappa shape index (κ1) is 22.7. The monoisotopic (exact) mass is 393 g/mol. The van der Waals surface area contributed by atoms with E-state index in [1.165, 1.54) is 12.0 Å². The Balaban J connectivity index is 2.74. The summed E-state index contributed by atoms with van der Waals surface area (Å²) in [5.41, 5.74) is -0.734. The van der Waals surface area contributed by atoms with Crippen LogP contribution in [-0.2, 0) is 28.6 Å². The molecule has 0 N–H and O–H groups in total. The Morgan fingerprint density at radius 3 is 2.35 bits per heavy atom. The molecule has 0 radical (unpaired) electrons. The number of likely N-dealkylation sites (tertiary alicyclic amines) is 1. The second kappa shape index (κ2) is 9.55. The fraction of sp³-hybridized carbons (Fsp3) is 0.882. The molecule has 1 amide bonds. The topological polar surface area (TPSA) is 99.2 Å². The van der Waals surface area contributed by atoms with Crippen molar-refractivity contribution in [1.29, 1.82) is 0 Å². The summed E-state index contributed by atoms with van der Waals surface area (Å²) in [4.78, 5) is 25.5. The molecule has 152 valence electrons. The van der Waals surface area contributed by atoms with E-state index in [9.17, 15) is 18.0 Å². The van der Waals surface area contributed by atoms with Crippen LogP contribution in [-0.4, -0.2) is 62.5 Å². The highest BCUT2D eigenvalue weighted by atomic mass is 32.2. The molecule has 2 atom stereocenters. The van der Waals surface area contributed by atoms with Gasteiger partial charge in [0.25, 0.3) is 10.1 Å². The lowest BCUT2D eigenvalue weighted by Crippen LogP contribution is -2.44. The predicted octanol–water partition coefficient (Wildman–Crippen LogP) is 2.46. The van der Waals surface area contributed by atoms with Gasteiger partial charge < -0.3 is 9.47 Å². The summed E-state index contributed by atoms with van der Waals surface area (Å²) in [6.07, 6.45) is 1.89. The number of rotatable bonds is 8. The lowest BCUT2D eigenvalue weighted by molar-refractivity contribution is -0.145. The number of hydrogen-bond acceptors (Lipinski definition) is 7. The van der Waals surface area contributed by atoms with E-state index in [1.54, 1.807) is 20.8 Å². The summed E-state index contributed by atoms with van der Waals surface area (Å²) in [6.45, 7) is 7.14. The van der Waals surface area contributed by atoms with Crippen LogP contribution < -0.4 is 0 Å². The van der Waals surface area contributed by atoms with Gasteiger partial charge in [0.15, 0.2) is 0 Å². The van der Waals surface area contributed by atoms with E-state index in [-0.39, 0.29) is 18.7 Å². The SMILES string of the molecule is CCCCCCS(=O)(=O)OC1CC(C(=O)OC)N(C(=O)OC(C)(C)C)C1. The highest BCUT2D eigenvalue weighted by Gasteiger charge is 2.44. The van der Waals surface area contributed by atoms with Gasteiger partial charge in [0, 0.05) is 6.42 Å². The molecule has 1 heterocycles. The van der Waals surface area contributed by atoms with E-state index in [0.29, 0.717) is 6.42 Å². The zero-order chi connectivity index (χ0) is 20.0. The van der Waals surface area contributed by atoms with Gasteiger partial charge in [-0.2, -0.15) is 8.42 Å². The Kier molecular flexibility index (Phi) is 8.33. The minimum atomic E-state index is -3.72. The molecule has 0 bridgehead atoms. The molecular formula is C17H31NO7S. The molecule has 9 heteroatoms. The van der Waals surface area contributed by atoms with E-state index < -0.39 is 39.9 Å². The number of nitrogens with zero attached hydrogens (tertiary/aromatic N) is 1. The fourth-order valence-electron chi connectivity index (χ4n) is 2.71. The summed E-state index contributed by atoms with van der Waals surface area (Å²) in [6, 6.07) is -0.921. The van der Waals surface area contributed by atoms with Crippen molar-refractivity contribution in [2.45, 2.75) is 77.5 Å². The van der Waals surface area contributed by atoms with E-state index >= 15 is 0 Å². The van der Waals surface area contributed by atoms with Crippen LogP contribution in [0.25, 0.3) is 0 Å². The molecule has 1 aliphatic rings. The van der Waals surface area contributed by atoms with Gasteiger partial charge in [0.05, 0.1) is 25.5 Å². The number of amides is 1. The first-order chi connectivity index (χ1) is 12.0. The molecule has 2 unspecified atom stereocenters. The zero-order valence-corrected chi connectivity index (χ0v) is 17.1. The predicted molar refractivity (Wildman–Crippen MR) is 96.2 cm³/mol. The number of hydrogen-bond donors (Lipinski definition) is 0. The van der Waals surface area contributed by atoms with Gasteiger partial charge in [-0.15, -0.1) is 0 Å². The first-order valence-corrected chi connectivity index (χ1v) is 10.5. The molecule has 0 aromatic rings. The van der Waals surface area contributed by atoms with Crippen molar-refractivity contribution < 1.29 is 31.7 Å². The number of carbonyl (C=O) groups excluding carboxylic acids is 2. The first-order valence-electron chi connectivity index (χ1n) is 8.97. The number of unbranched alkanes of at least 4 members (excludes halogenated alkanes) is 3. The van der Waals surface area contributed by atoms with Crippen LogP contribution in [0.15, 0.2) is 0 Å². The molecule has 0 aromatic carbocycles. The van der Waals surface area contributed by atoms with Crippen molar-refractivity contribution in [2.75, 3.05) is 19.4 Å². The smallest absolute Gasteiger partial charge is 0.411 e. The average molecular weight is 394 g/mol. The molecular weight excluding hydrogens is 362 g/mol. The van der Waals surface area contributed by atoms with E-state index in [4.69, 9.17) is 13.7 Å². The second-order valence-corrected chi connectivity index (χ2v) is 9.16. The van der Waals surface area contributed by atoms with Crippen LogP contribution in [0.3, 0.4) is 0 Å². The lowest BCUT2D eigenvalue weighted by atomic mass is 10.2. The Bertz CT molecular complexity index is 582. The van der Waals surface area contributed by atoms with Crippen molar-refractivity contribution in [3.8, 4) is 0 Å². The highest BCUT2D eigenvalue weighted by molar-refractivity contribution is 7.86. The van der Waals surface area contributed by atoms with E-state index in [1.807, 2.05) is 6.92 Å². The molecule has 1 saturated heterocycles. The number of methoxy groups -OCH3 is 1. The Morgan fingerprint density at radius 1 is 1.15 bits per heavy atom. The summed E-state index contributed by atoms with van der Waals surface area (Å²) in [5, 5.41) is 0. The van der Waals surface area contributed by atoms with Crippen molar-refractivity contribution in [3.05, 3.63) is 0 Å². The molecule has 8 nitrogen and oxygen atoms in total. The number of ether oxygens (including phenoxy) is 2. The summed E-state index contributed by atoms with van der Waals surface area (Å²) >= 11 is 0. The van der Waals surface area contributed by atoms with Crippen molar-refractivity contribution in [2.24, 2.45) is 0 Å². The minimum Gasteiger partial charge on any atom is -0.467 e. The van der Waals surface area contributed by atoms with Crippen LogP contribution in [0.1, 0.15) is 59.8 Å². The summed E-state index contributed by atoms with van der Waals surface area (Å²) in [5.74, 6) is -0.693. The van der Waals surface area contributed by atoms with E-state index in [0.717, 1.165) is 19.3 Å². The van der Waals surface area contributed by atoms with Crippen LogP contribution in [0.5, 0.6) is 0 Å². The molecule has 0 aromatic heterocycles. The quantitative estimate of drug-likeness (QED) is 0.355. The molecule has 0 aliphatic carbocycles. The maximum absolute atomic E-state index is 12.3. The molecule has 0 spiro atoms. The maximum atomic E-state index is 12.3. The third-order valence-corrected chi connectivity index (χ3v) is 5.25. The Labute approximate surface area is 156 Å². The third-order valence-electron chi connectivity index (χ3n) is 3.89. The Hall–Kier alpha value is -1.35. The molecule has 1 aliphatic heterocycles. The second-order valence-electron chi connectivity index (χ2n) is 7.45.